The summed E-state index contributed by atoms with van der Waals surface area (Å²) >= 11 is 0. The van der Waals surface area contributed by atoms with Crippen molar-refractivity contribution in [2.24, 2.45) is 56.7 Å². The fourth-order valence-electron chi connectivity index (χ4n) is 13.3. The molecule has 11 atom stereocenters. The molecular formula is C38H59NO7. The van der Waals surface area contributed by atoms with Gasteiger partial charge in [0, 0.05) is 32.4 Å². The maximum Gasteiger partial charge on any atom is 0.302 e. The predicted molar refractivity (Wildman–Crippen MR) is 174 cm³/mol. The number of rotatable bonds is 6. The Kier molecular flexibility index (Phi) is 8.78. The van der Waals surface area contributed by atoms with Crippen molar-refractivity contribution < 1.29 is 33.7 Å². The molecule has 1 N–H and O–H groups in total. The molecule has 6 aliphatic rings. The number of carbonyl (C=O) groups excluding carboxylic acids is 3. The number of aliphatic hydroxyl groups is 1. The van der Waals surface area contributed by atoms with Gasteiger partial charge in [-0.2, -0.15) is 0 Å². The van der Waals surface area contributed by atoms with Crippen LogP contribution < -0.4 is 0 Å². The Balaban J connectivity index is 1.36. The summed E-state index contributed by atoms with van der Waals surface area (Å²) in [5, 5.41) is 10.3. The summed E-state index contributed by atoms with van der Waals surface area (Å²) in [6.07, 6.45) is 9.47. The van der Waals surface area contributed by atoms with Gasteiger partial charge in [0.15, 0.2) is 0 Å². The molecule has 1 aliphatic heterocycles. The van der Waals surface area contributed by atoms with E-state index in [1.165, 1.54) is 13.8 Å². The van der Waals surface area contributed by atoms with Crippen molar-refractivity contribution in [2.75, 3.05) is 39.5 Å². The lowest BCUT2D eigenvalue weighted by atomic mass is 9.32. The predicted octanol–water partition coefficient (Wildman–Crippen LogP) is 5.95. The van der Waals surface area contributed by atoms with Gasteiger partial charge in [-0.3, -0.25) is 14.4 Å². The molecular weight excluding hydrogens is 582 g/mol. The van der Waals surface area contributed by atoms with Crippen molar-refractivity contribution in [2.45, 2.75) is 112 Å². The maximum atomic E-state index is 14.6. The molecule has 8 heteroatoms. The summed E-state index contributed by atoms with van der Waals surface area (Å²) in [5.41, 5.74) is 0.179. The zero-order chi connectivity index (χ0) is 33.3. The van der Waals surface area contributed by atoms with Gasteiger partial charge in [-0.1, -0.05) is 34.3 Å². The van der Waals surface area contributed by atoms with E-state index >= 15 is 0 Å². The van der Waals surface area contributed by atoms with Crippen molar-refractivity contribution in [3.05, 3.63) is 12.2 Å². The molecule has 0 spiro atoms. The fourth-order valence-corrected chi connectivity index (χ4v) is 13.3. The number of aliphatic hydroxyl groups excluding tert-OH is 1. The van der Waals surface area contributed by atoms with Gasteiger partial charge in [0.05, 0.1) is 25.2 Å². The van der Waals surface area contributed by atoms with Crippen LogP contribution in [-0.2, 0) is 28.6 Å². The van der Waals surface area contributed by atoms with Gasteiger partial charge < -0.3 is 24.2 Å². The van der Waals surface area contributed by atoms with Gasteiger partial charge in [-0.05, 0) is 116 Å². The van der Waals surface area contributed by atoms with E-state index in [4.69, 9.17) is 14.2 Å². The number of hydrogen-bond acceptors (Lipinski definition) is 7. The normalized spacial score (nSPS) is 46.6. The molecule has 1 amide bonds. The quantitative estimate of drug-likeness (QED) is 0.283. The molecule has 0 radical (unpaired) electrons. The van der Waals surface area contributed by atoms with Gasteiger partial charge in [-0.25, -0.2) is 0 Å². The number of ether oxygens (including phenoxy) is 3. The van der Waals surface area contributed by atoms with Crippen molar-refractivity contribution in [1.29, 1.82) is 0 Å². The molecule has 5 saturated carbocycles. The first-order valence-corrected chi connectivity index (χ1v) is 18.1. The van der Waals surface area contributed by atoms with Crippen LogP contribution in [0.5, 0.6) is 0 Å². The molecule has 1 saturated heterocycles. The lowest BCUT2D eigenvalue weighted by molar-refractivity contribution is -0.257. The molecule has 46 heavy (non-hydrogen) atoms. The van der Waals surface area contributed by atoms with Crippen LogP contribution in [0, 0.1) is 56.7 Å². The van der Waals surface area contributed by atoms with Crippen LogP contribution in [0.25, 0.3) is 0 Å². The number of amides is 1. The van der Waals surface area contributed by atoms with Crippen LogP contribution in [0.4, 0.5) is 0 Å². The molecule has 6 fully saturated rings. The summed E-state index contributed by atoms with van der Waals surface area (Å²) in [4.78, 5) is 41.0. The highest BCUT2D eigenvalue weighted by Crippen LogP contribution is 2.77. The van der Waals surface area contributed by atoms with E-state index in [0.29, 0.717) is 44.0 Å². The van der Waals surface area contributed by atoms with E-state index in [-0.39, 0.29) is 70.7 Å². The molecule has 0 bridgehead atoms. The van der Waals surface area contributed by atoms with Crippen molar-refractivity contribution in [3.63, 3.8) is 0 Å². The lowest BCUT2D eigenvalue weighted by Gasteiger charge is -2.73. The number of hydrogen-bond donors (Lipinski definition) is 1. The summed E-state index contributed by atoms with van der Waals surface area (Å²) in [7, 11) is 0. The van der Waals surface area contributed by atoms with Gasteiger partial charge in [0.25, 0.3) is 0 Å². The minimum atomic E-state index is -0.453. The van der Waals surface area contributed by atoms with E-state index in [1.54, 1.807) is 0 Å². The molecule has 258 valence electrons. The minimum Gasteiger partial charge on any atom is -0.465 e. The summed E-state index contributed by atoms with van der Waals surface area (Å²) in [5.74, 6) is 1.22. The molecule has 6 rings (SSSR count). The Hall–Kier alpha value is -1.93. The molecule has 5 aliphatic carbocycles. The SMILES string of the molecule is C=C(CO)[C@@H]1CC[C@]2(C(=O)N3CCOCC3)CC[C@]3(C)[C@H](CC[C@@H]4[C@@]5(C)CC[C@H](OC(C)=O)[C@@](C)(COC(C)=O)[C@@H]5CC[C@]43C)[C@@H]12. The Morgan fingerprint density at radius 2 is 1.57 bits per heavy atom. The van der Waals surface area contributed by atoms with Gasteiger partial charge in [0.1, 0.15) is 12.7 Å². The third-order valence-electron chi connectivity index (χ3n) is 15.5. The van der Waals surface area contributed by atoms with Crippen LogP contribution in [0.15, 0.2) is 12.2 Å². The minimum absolute atomic E-state index is 0.00839. The van der Waals surface area contributed by atoms with E-state index in [2.05, 4.69) is 39.2 Å². The Morgan fingerprint density at radius 1 is 0.848 bits per heavy atom. The molecule has 8 nitrogen and oxygen atoms in total. The average molecular weight is 642 g/mol. The van der Waals surface area contributed by atoms with E-state index < -0.39 is 5.41 Å². The number of fused-ring (bicyclic) bond motifs is 7. The molecule has 0 aromatic carbocycles. The zero-order valence-corrected chi connectivity index (χ0v) is 29.3. The first kappa shape index (κ1) is 34.0. The topological polar surface area (TPSA) is 102 Å². The zero-order valence-electron chi connectivity index (χ0n) is 29.3. The number of carbonyl (C=O) groups is 3. The number of morpholine rings is 1. The van der Waals surface area contributed by atoms with Crippen LogP contribution in [0.2, 0.25) is 0 Å². The largest absolute Gasteiger partial charge is 0.465 e. The lowest BCUT2D eigenvalue weighted by Crippen LogP contribution is -2.68. The van der Waals surface area contributed by atoms with Crippen molar-refractivity contribution in [1.82, 2.24) is 4.90 Å². The molecule has 0 aromatic rings. The van der Waals surface area contributed by atoms with Gasteiger partial charge in [-0.15, -0.1) is 0 Å². The fraction of sp³-hybridized carbons (Fsp3) is 0.868. The molecule has 0 unspecified atom stereocenters. The number of esters is 2. The third-order valence-corrected chi connectivity index (χ3v) is 15.5. The first-order chi connectivity index (χ1) is 21.7. The van der Waals surface area contributed by atoms with Crippen molar-refractivity contribution >= 4 is 17.8 Å². The van der Waals surface area contributed by atoms with Crippen LogP contribution in [-0.4, -0.2) is 73.5 Å². The smallest absolute Gasteiger partial charge is 0.302 e. The second-order valence-corrected chi connectivity index (χ2v) is 17.1. The van der Waals surface area contributed by atoms with E-state index in [1.807, 2.05) is 0 Å². The van der Waals surface area contributed by atoms with E-state index in [0.717, 1.165) is 69.8 Å². The second-order valence-electron chi connectivity index (χ2n) is 17.1. The number of nitrogens with zero attached hydrogens (tertiary/aromatic N) is 1. The monoisotopic (exact) mass is 641 g/mol. The Morgan fingerprint density at radius 3 is 2.22 bits per heavy atom. The van der Waals surface area contributed by atoms with Gasteiger partial charge in [0.2, 0.25) is 5.91 Å². The summed E-state index contributed by atoms with van der Waals surface area (Å²) in [6.45, 7) is 19.9. The van der Waals surface area contributed by atoms with Crippen LogP contribution in [0.1, 0.15) is 106 Å². The van der Waals surface area contributed by atoms with E-state index in [9.17, 15) is 19.5 Å². The highest BCUT2D eigenvalue weighted by atomic mass is 16.6. The first-order valence-electron chi connectivity index (χ1n) is 18.1. The third kappa shape index (κ3) is 4.84. The van der Waals surface area contributed by atoms with Crippen LogP contribution in [0.3, 0.4) is 0 Å². The second kappa shape index (κ2) is 11.9. The highest BCUT2D eigenvalue weighted by Gasteiger charge is 2.72. The molecule has 0 aromatic heterocycles. The van der Waals surface area contributed by atoms with Crippen LogP contribution >= 0.6 is 0 Å². The summed E-state index contributed by atoms with van der Waals surface area (Å²) in [6, 6.07) is 0. The average Bonchev–Trinajstić information content (AvgIpc) is 3.42. The summed E-state index contributed by atoms with van der Waals surface area (Å²) < 4.78 is 17.3. The maximum absolute atomic E-state index is 14.6. The molecule has 1 heterocycles. The Labute approximate surface area is 276 Å². The van der Waals surface area contributed by atoms with Crippen molar-refractivity contribution in [3.8, 4) is 0 Å². The highest BCUT2D eigenvalue weighted by molar-refractivity contribution is 5.84. The Bertz CT molecular complexity index is 1250. The standard InChI is InChI=1S/C38H59NO7/c1-24(22-40)27-10-15-38(33(43)39-18-20-44-21-19-39)17-16-36(6)28(32(27)38)8-9-30-34(4)13-12-31(46-26(3)42)35(5,23-45-25(2)41)29(34)11-14-37(30,36)7/h27-32,40H,1,8-23H2,2-7H3/t27-,28+,29+,30+,31-,32+,34-,35-,36+,37+,38-/m0/s1. The van der Waals surface area contributed by atoms with Gasteiger partial charge >= 0.3 is 11.9 Å².